The summed E-state index contributed by atoms with van der Waals surface area (Å²) < 4.78 is 5.25. The summed E-state index contributed by atoms with van der Waals surface area (Å²) in [6.07, 6.45) is 0.527. The van der Waals surface area contributed by atoms with Crippen LogP contribution in [-0.4, -0.2) is 56.7 Å². The van der Waals surface area contributed by atoms with Crippen LogP contribution in [0.25, 0.3) is 0 Å². The number of rotatable bonds is 6. The third-order valence-electron chi connectivity index (χ3n) is 2.79. The summed E-state index contributed by atoms with van der Waals surface area (Å²) in [6, 6.07) is 0. The van der Waals surface area contributed by atoms with Gasteiger partial charge in [0.15, 0.2) is 0 Å². The lowest BCUT2D eigenvalue weighted by atomic mass is 10.1. The van der Waals surface area contributed by atoms with E-state index in [4.69, 9.17) is 10.5 Å². The predicted octanol–water partition coefficient (Wildman–Crippen LogP) is -0.580. The van der Waals surface area contributed by atoms with Gasteiger partial charge in [-0.1, -0.05) is 6.92 Å². The molecule has 0 aliphatic carbocycles. The van der Waals surface area contributed by atoms with Gasteiger partial charge in [-0.2, -0.15) is 0 Å². The van der Waals surface area contributed by atoms with E-state index in [0.29, 0.717) is 13.0 Å². The van der Waals surface area contributed by atoms with Gasteiger partial charge in [0.1, 0.15) is 0 Å². The van der Waals surface area contributed by atoms with Crippen LogP contribution in [-0.2, 0) is 9.53 Å². The molecule has 0 spiro atoms. The second-order valence-electron chi connectivity index (χ2n) is 4.35. The van der Waals surface area contributed by atoms with Gasteiger partial charge in [-0.15, -0.1) is 0 Å². The molecule has 1 aliphatic rings. The summed E-state index contributed by atoms with van der Waals surface area (Å²) in [5.74, 6) is 0.370. The van der Waals surface area contributed by atoms with Crippen LogP contribution < -0.4 is 11.1 Å². The monoisotopic (exact) mass is 229 g/mol. The molecule has 1 rings (SSSR count). The van der Waals surface area contributed by atoms with E-state index in [1.54, 1.807) is 0 Å². The molecule has 1 unspecified atom stereocenters. The van der Waals surface area contributed by atoms with Crippen LogP contribution in [0.15, 0.2) is 0 Å². The van der Waals surface area contributed by atoms with Gasteiger partial charge in [-0.3, -0.25) is 9.69 Å². The van der Waals surface area contributed by atoms with E-state index in [9.17, 15) is 4.79 Å². The second kappa shape index (κ2) is 7.60. The molecule has 0 aromatic carbocycles. The number of nitrogens with zero attached hydrogens (tertiary/aromatic N) is 1. The molecule has 5 heteroatoms. The van der Waals surface area contributed by atoms with Crippen molar-refractivity contribution < 1.29 is 9.53 Å². The fourth-order valence-electron chi connectivity index (χ4n) is 1.65. The first-order valence-electron chi connectivity index (χ1n) is 5.99. The number of carbonyl (C=O) groups excluding carboxylic acids is 1. The van der Waals surface area contributed by atoms with Gasteiger partial charge in [0, 0.05) is 32.6 Å². The van der Waals surface area contributed by atoms with Gasteiger partial charge in [0.25, 0.3) is 0 Å². The standard InChI is InChI=1S/C11H23N3O2/c1-10(9-12)8-11(15)13-2-3-14-4-6-16-7-5-14/h10H,2-9,12H2,1H3,(H,13,15). The molecule has 0 aromatic heterocycles. The quantitative estimate of drug-likeness (QED) is 0.639. The summed E-state index contributed by atoms with van der Waals surface area (Å²) in [7, 11) is 0. The Morgan fingerprint density at radius 1 is 1.50 bits per heavy atom. The minimum Gasteiger partial charge on any atom is -0.379 e. The van der Waals surface area contributed by atoms with E-state index in [-0.39, 0.29) is 11.8 Å². The summed E-state index contributed by atoms with van der Waals surface area (Å²) in [5.41, 5.74) is 5.46. The minimum absolute atomic E-state index is 0.103. The predicted molar refractivity (Wildman–Crippen MR) is 63.1 cm³/mol. The topological polar surface area (TPSA) is 67.6 Å². The molecule has 1 aliphatic heterocycles. The molecule has 0 bridgehead atoms. The van der Waals surface area contributed by atoms with Gasteiger partial charge in [0.05, 0.1) is 13.2 Å². The van der Waals surface area contributed by atoms with Crippen LogP contribution in [0.5, 0.6) is 0 Å². The Morgan fingerprint density at radius 2 is 2.19 bits per heavy atom. The van der Waals surface area contributed by atoms with Crippen LogP contribution in [0.2, 0.25) is 0 Å². The van der Waals surface area contributed by atoms with Crippen molar-refractivity contribution in [2.75, 3.05) is 45.9 Å². The maximum atomic E-state index is 11.4. The Morgan fingerprint density at radius 3 is 2.81 bits per heavy atom. The highest BCUT2D eigenvalue weighted by Gasteiger charge is 2.11. The zero-order valence-electron chi connectivity index (χ0n) is 10.1. The molecule has 0 aromatic rings. The van der Waals surface area contributed by atoms with Crippen LogP contribution in [0.3, 0.4) is 0 Å². The fourth-order valence-corrected chi connectivity index (χ4v) is 1.65. The number of nitrogens with one attached hydrogen (secondary N) is 1. The first-order valence-corrected chi connectivity index (χ1v) is 5.99. The van der Waals surface area contributed by atoms with Crippen LogP contribution in [0, 0.1) is 5.92 Å². The highest BCUT2D eigenvalue weighted by atomic mass is 16.5. The lowest BCUT2D eigenvalue weighted by Gasteiger charge is -2.26. The van der Waals surface area contributed by atoms with Crippen molar-refractivity contribution in [1.29, 1.82) is 0 Å². The molecule has 94 valence electrons. The summed E-state index contributed by atoms with van der Waals surface area (Å²) in [4.78, 5) is 13.7. The van der Waals surface area contributed by atoms with E-state index < -0.39 is 0 Å². The molecule has 1 saturated heterocycles. The number of amides is 1. The van der Waals surface area contributed by atoms with Crippen molar-refractivity contribution in [1.82, 2.24) is 10.2 Å². The third-order valence-corrected chi connectivity index (χ3v) is 2.79. The molecule has 1 amide bonds. The molecule has 16 heavy (non-hydrogen) atoms. The maximum Gasteiger partial charge on any atom is 0.220 e. The van der Waals surface area contributed by atoms with Crippen LogP contribution in [0.4, 0.5) is 0 Å². The van der Waals surface area contributed by atoms with Crippen LogP contribution >= 0.6 is 0 Å². The molecular weight excluding hydrogens is 206 g/mol. The Labute approximate surface area is 97.3 Å². The Balaban J connectivity index is 2.03. The average Bonchev–Trinajstić information content (AvgIpc) is 2.30. The smallest absolute Gasteiger partial charge is 0.220 e. The van der Waals surface area contributed by atoms with Crippen molar-refractivity contribution in [3.63, 3.8) is 0 Å². The summed E-state index contributed by atoms with van der Waals surface area (Å²) >= 11 is 0. The lowest BCUT2D eigenvalue weighted by Crippen LogP contribution is -2.41. The number of ether oxygens (including phenoxy) is 1. The lowest BCUT2D eigenvalue weighted by molar-refractivity contribution is -0.121. The first-order chi connectivity index (χ1) is 7.72. The number of hydrogen-bond donors (Lipinski definition) is 2. The maximum absolute atomic E-state index is 11.4. The van der Waals surface area contributed by atoms with Gasteiger partial charge >= 0.3 is 0 Å². The highest BCUT2D eigenvalue weighted by molar-refractivity contribution is 5.76. The number of nitrogens with two attached hydrogens (primary N) is 1. The molecule has 1 fully saturated rings. The van der Waals surface area contributed by atoms with Crippen molar-refractivity contribution >= 4 is 5.91 Å². The van der Waals surface area contributed by atoms with Gasteiger partial charge in [0.2, 0.25) is 5.91 Å². The minimum atomic E-state index is 0.103. The number of morpholine rings is 1. The van der Waals surface area contributed by atoms with Crippen LogP contribution in [0.1, 0.15) is 13.3 Å². The highest BCUT2D eigenvalue weighted by Crippen LogP contribution is 1.98. The zero-order valence-corrected chi connectivity index (χ0v) is 10.1. The van der Waals surface area contributed by atoms with E-state index >= 15 is 0 Å². The summed E-state index contributed by atoms with van der Waals surface area (Å²) in [5, 5.41) is 2.92. The van der Waals surface area contributed by atoms with E-state index in [0.717, 1.165) is 39.4 Å². The van der Waals surface area contributed by atoms with Gasteiger partial charge in [-0.25, -0.2) is 0 Å². The number of hydrogen-bond acceptors (Lipinski definition) is 4. The SMILES string of the molecule is CC(CN)CC(=O)NCCN1CCOCC1. The van der Waals surface area contributed by atoms with E-state index in [1.165, 1.54) is 0 Å². The van der Waals surface area contributed by atoms with E-state index in [1.807, 2.05) is 6.92 Å². The normalized spacial score (nSPS) is 19.4. The Hall–Kier alpha value is -0.650. The van der Waals surface area contributed by atoms with Crippen molar-refractivity contribution in [2.45, 2.75) is 13.3 Å². The molecule has 1 heterocycles. The Kier molecular flexibility index (Phi) is 6.37. The average molecular weight is 229 g/mol. The molecule has 1 atom stereocenters. The van der Waals surface area contributed by atoms with Crippen molar-refractivity contribution in [2.24, 2.45) is 11.7 Å². The fraction of sp³-hybridized carbons (Fsp3) is 0.909. The molecule has 3 N–H and O–H groups in total. The molecular formula is C11H23N3O2. The first kappa shape index (κ1) is 13.4. The largest absolute Gasteiger partial charge is 0.379 e. The third kappa shape index (κ3) is 5.44. The zero-order chi connectivity index (χ0) is 11.8. The van der Waals surface area contributed by atoms with Gasteiger partial charge < -0.3 is 15.8 Å². The van der Waals surface area contributed by atoms with Gasteiger partial charge in [-0.05, 0) is 12.5 Å². The second-order valence-corrected chi connectivity index (χ2v) is 4.35. The molecule has 0 saturated carbocycles. The molecule has 0 radical (unpaired) electrons. The summed E-state index contributed by atoms with van der Waals surface area (Å²) in [6.45, 7) is 7.72. The molecule has 5 nitrogen and oxygen atoms in total. The van der Waals surface area contributed by atoms with Crippen molar-refractivity contribution in [3.8, 4) is 0 Å². The Bertz CT molecular complexity index is 205. The van der Waals surface area contributed by atoms with E-state index in [2.05, 4.69) is 10.2 Å². The van der Waals surface area contributed by atoms with Crippen molar-refractivity contribution in [3.05, 3.63) is 0 Å². The number of carbonyl (C=O) groups is 1.